The maximum absolute atomic E-state index is 12.0. The SMILES string of the molecule is O=C1CC2(CC[N+]3(CC2)CC3)C2=C(C=CCC2)N1. The minimum atomic E-state index is 0.217. The molecular formula is C15H21N2O+. The third kappa shape index (κ3) is 1.50. The molecule has 0 aromatic carbocycles. The molecule has 0 saturated carbocycles. The number of quaternary nitrogens is 1. The maximum atomic E-state index is 12.0. The predicted molar refractivity (Wildman–Crippen MR) is 69.6 cm³/mol. The quantitative estimate of drug-likeness (QED) is 0.511. The summed E-state index contributed by atoms with van der Waals surface area (Å²) >= 11 is 0. The summed E-state index contributed by atoms with van der Waals surface area (Å²) in [5.41, 5.74) is 2.91. The zero-order chi connectivity index (χ0) is 12.2. The predicted octanol–water partition coefficient (Wildman–Crippen LogP) is 1.72. The summed E-state index contributed by atoms with van der Waals surface area (Å²) in [5, 5.41) is 3.08. The van der Waals surface area contributed by atoms with E-state index in [9.17, 15) is 4.79 Å². The molecule has 0 aromatic rings. The van der Waals surface area contributed by atoms with E-state index in [-0.39, 0.29) is 11.3 Å². The van der Waals surface area contributed by atoms with E-state index < -0.39 is 0 Å². The van der Waals surface area contributed by atoms with E-state index >= 15 is 0 Å². The summed E-state index contributed by atoms with van der Waals surface area (Å²) in [6.07, 6.45) is 9.83. The second kappa shape index (κ2) is 3.47. The average molecular weight is 245 g/mol. The molecule has 3 heteroatoms. The largest absolute Gasteiger partial charge is 0.326 e. The van der Waals surface area contributed by atoms with E-state index in [1.807, 2.05) is 0 Å². The molecular weight excluding hydrogens is 224 g/mol. The zero-order valence-corrected chi connectivity index (χ0v) is 10.9. The van der Waals surface area contributed by atoms with Crippen LogP contribution in [0.2, 0.25) is 0 Å². The van der Waals surface area contributed by atoms with Crippen LogP contribution in [0, 0.1) is 5.41 Å². The molecule has 2 fully saturated rings. The Bertz CT molecular complexity index is 461. The molecule has 0 atom stereocenters. The Morgan fingerprint density at radius 1 is 1.17 bits per heavy atom. The Labute approximate surface area is 108 Å². The van der Waals surface area contributed by atoms with Gasteiger partial charge in [0.15, 0.2) is 0 Å². The molecule has 0 radical (unpaired) electrons. The number of allylic oxidation sites excluding steroid dienone is 3. The van der Waals surface area contributed by atoms with Crippen molar-refractivity contribution in [3.8, 4) is 0 Å². The molecule has 1 aliphatic carbocycles. The second-order valence-electron chi connectivity index (χ2n) is 6.57. The molecule has 0 bridgehead atoms. The Morgan fingerprint density at radius 2 is 1.94 bits per heavy atom. The van der Waals surface area contributed by atoms with Gasteiger partial charge in [-0.15, -0.1) is 0 Å². The van der Waals surface area contributed by atoms with Crippen molar-refractivity contribution in [3.63, 3.8) is 0 Å². The van der Waals surface area contributed by atoms with Gasteiger partial charge in [-0.05, 0) is 24.5 Å². The average Bonchev–Trinajstić information content (AvgIpc) is 3.14. The van der Waals surface area contributed by atoms with Crippen LogP contribution in [0.5, 0.6) is 0 Å². The fraction of sp³-hybridized carbons (Fsp3) is 0.667. The van der Waals surface area contributed by atoms with Gasteiger partial charge in [-0.2, -0.15) is 0 Å². The lowest BCUT2D eigenvalue weighted by atomic mass is 9.65. The van der Waals surface area contributed by atoms with Crippen molar-refractivity contribution in [2.24, 2.45) is 5.41 Å². The summed E-state index contributed by atoms with van der Waals surface area (Å²) < 4.78 is 1.35. The van der Waals surface area contributed by atoms with E-state index in [4.69, 9.17) is 0 Å². The highest BCUT2D eigenvalue weighted by molar-refractivity contribution is 5.82. The third-order valence-corrected chi connectivity index (χ3v) is 5.57. The standard InChI is InChI=1S/C15H20N2O/c18-14-11-15(5-7-17(8-6-15)9-10-17)12-3-1-2-4-13(12)16-14/h2,4H,1,3,5-11H2/p+1. The summed E-state index contributed by atoms with van der Waals surface area (Å²) in [6, 6.07) is 0. The number of rotatable bonds is 0. The van der Waals surface area contributed by atoms with Gasteiger partial charge in [-0.1, -0.05) is 6.08 Å². The van der Waals surface area contributed by atoms with Crippen LogP contribution in [0.1, 0.15) is 32.1 Å². The molecule has 2 spiro atoms. The Balaban J connectivity index is 1.69. The number of carbonyl (C=O) groups excluding carboxylic acids is 1. The van der Waals surface area contributed by atoms with Crippen LogP contribution >= 0.6 is 0 Å². The van der Waals surface area contributed by atoms with Crippen LogP contribution < -0.4 is 5.32 Å². The number of nitrogens with one attached hydrogen (secondary N) is 1. The van der Waals surface area contributed by atoms with Crippen molar-refractivity contribution >= 4 is 5.91 Å². The number of hydrogen-bond donors (Lipinski definition) is 1. The molecule has 1 N–H and O–H groups in total. The number of nitrogens with zero attached hydrogens (tertiary/aromatic N) is 1. The van der Waals surface area contributed by atoms with Gasteiger partial charge >= 0.3 is 0 Å². The van der Waals surface area contributed by atoms with Crippen molar-refractivity contribution in [1.29, 1.82) is 0 Å². The third-order valence-electron chi connectivity index (χ3n) is 5.57. The Morgan fingerprint density at radius 3 is 2.67 bits per heavy atom. The Kier molecular flexibility index (Phi) is 2.08. The molecule has 1 amide bonds. The molecule has 4 rings (SSSR count). The molecule has 18 heavy (non-hydrogen) atoms. The molecule has 2 saturated heterocycles. The summed E-state index contributed by atoms with van der Waals surface area (Å²) in [5.74, 6) is 0.236. The topological polar surface area (TPSA) is 29.1 Å². The van der Waals surface area contributed by atoms with Gasteiger partial charge in [0.25, 0.3) is 0 Å². The number of piperidine rings is 1. The van der Waals surface area contributed by atoms with Crippen LogP contribution in [-0.2, 0) is 4.79 Å². The van der Waals surface area contributed by atoms with Crippen LogP contribution in [0.4, 0.5) is 0 Å². The fourth-order valence-electron chi connectivity index (χ4n) is 4.15. The number of hydrogen-bond acceptors (Lipinski definition) is 1. The first-order chi connectivity index (χ1) is 8.72. The normalized spacial score (nSPS) is 31.4. The van der Waals surface area contributed by atoms with Gasteiger partial charge in [0, 0.05) is 30.4 Å². The minimum Gasteiger partial charge on any atom is -0.326 e. The molecule has 3 nitrogen and oxygen atoms in total. The molecule has 4 aliphatic rings. The van der Waals surface area contributed by atoms with Crippen molar-refractivity contribution in [3.05, 3.63) is 23.4 Å². The summed E-state index contributed by atoms with van der Waals surface area (Å²) in [6.45, 7) is 5.36. The van der Waals surface area contributed by atoms with Gasteiger partial charge in [0.2, 0.25) is 5.91 Å². The molecule has 3 heterocycles. The van der Waals surface area contributed by atoms with Gasteiger partial charge < -0.3 is 9.80 Å². The lowest BCUT2D eigenvalue weighted by Gasteiger charge is -2.45. The van der Waals surface area contributed by atoms with Crippen LogP contribution in [0.15, 0.2) is 23.4 Å². The number of amides is 1. The van der Waals surface area contributed by atoms with Gasteiger partial charge in [-0.25, -0.2) is 0 Å². The lowest BCUT2D eigenvalue weighted by molar-refractivity contribution is -0.808. The highest BCUT2D eigenvalue weighted by Gasteiger charge is 2.52. The molecule has 96 valence electrons. The van der Waals surface area contributed by atoms with Crippen LogP contribution in [-0.4, -0.2) is 36.6 Å². The fourth-order valence-corrected chi connectivity index (χ4v) is 4.15. The van der Waals surface area contributed by atoms with Crippen molar-refractivity contribution in [2.75, 3.05) is 26.2 Å². The van der Waals surface area contributed by atoms with E-state index in [1.165, 1.54) is 43.5 Å². The molecule has 0 unspecified atom stereocenters. The van der Waals surface area contributed by atoms with Gasteiger partial charge in [-0.3, -0.25) is 4.79 Å². The molecule has 3 aliphatic heterocycles. The van der Waals surface area contributed by atoms with Gasteiger partial charge in [0.05, 0.1) is 13.1 Å². The van der Waals surface area contributed by atoms with Crippen molar-refractivity contribution in [2.45, 2.75) is 32.1 Å². The summed E-state index contributed by atoms with van der Waals surface area (Å²) in [4.78, 5) is 12.0. The highest BCUT2D eigenvalue weighted by Crippen LogP contribution is 2.50. The Hall–Kier alpha value is -1.09. The van der Waals surface area contributed by atoms with E-state index in [2.05, 4.69) is 17.5 Å². The van der Waals surface area contributed by atoms with Crippen molar-refractivity contribution < 1.29 is 9.28 Å². The van der Waals surface area contributed by atoms with E-state index in [1.54, 1.807) is 5.57 Å². The van der Waals surface area contributed by atoms with Gasteiger partial charge in [0.1, 0.15) is 13.1 Å². The zero-order valence-electron chi connectivity index (χ0n) is 10.9. The minimum absolute atomic E-state index is 0.217. The monoisotopic (exact) mass is 245 g/mol. The molecule has 0 aromatic heterocycles. The maximum Gasteiger partial charge on any atom is 0.225 e. The summed E-state index contributed by atoms with van der Waals surface area (Å²) in [7, 11) is 0. The second-order valence-corrected chi connectivity index (χ2v) is 6.57. The lowest BCUT2D eigenvalue weighted by Crippen LogP contribution is -2.48. The highest BCUT2D eigenvalue weighted by atomic mass is 16.1. The first-order valence-electron chi connectivity index (χ1n) is 7.27. The van der Waals surface area contributed by atoms with Crippen molar-refractivity contribution in [1.82, 2.24) is 5.32 Å². The van der Waals surface area contributed by atoms with E-state index in [0.29, 0.717) is 0 Å². The first kappa shape index (κ1) is 10.8. The van der Waals surface area contributed by atoms with Crippen LogP contribution in [0.25, 0.3) is 0 Å². The number of carbonyl (C=O) groups is 1. The first-order valence-corrected chi connectivity index (χ1v) is 7.27. The van der Waals surface area contributed by atoms with E-state index in [0.717, 1.165) is 25.0 Å². The number of fused-ring (bicyclic) bond motifs is 1. The van der Waals surface area contributed by atoms with Crippen LogP contribution in [0.3, 0.4) is 0 Å². The smallest absolute Gasteiger partial charge is 0.225 e.